The van der Waals surface area contributed by atoms with Crippen LogP contribution in [0.4, 0.5) is 4.39 Å². The molecule has 152 valence electrons. The van der Waals surface area contributed by atoms with Crippen molar-refractivity contribution in [3.8, 4) is 0 Å². The van der Waals surface area contributed by atoms with Gasteiger partial charge in [0, 0.05) is 19.5 Å². The van der Waals surface area contributed by atoms with Crippen LogP contribution >= 0.6 is 0 Å². The molecular formula is C21H23FN4O3. The Kier molecular flexibility index (Phi) is 6.23. The minimum atomic E-state index is -0.549. The molecule has 0 aliphatic rings. The molecule has 1 atom stereocenters. The second-order valence-corrected chi connectivity index (χ2v) is 7.02. The van der Waals surface area contributed by atoms with Crippen LogP contribution in [0.15, 0.2) is 58.1 Å². The number of H-pyrrole nitrogens is 1. The lowest BCUT2D eigenvalue weighted by Crippen LogP contribution is -2.36. The van der Waals surface area contributed by atoms with Crippen LogP contribution in [-0.2, 0) is 11.3 Å². The summed E-state index contributed by atoms with van der Waals surface area (Å²) in [6, 6.07) is 12.8. The Bertz CT molecular complexity index is 1140. The first-order valence-corrected chi connectivity index (χ1v) is 9.27. The summed E-state index contributed by atoms with van der Waals surface area (Å²) in [7, 11) is 3.71. The maximum absolute atomic E-state index is 13.5. The van der Waals surface area contributed by atoms with E-state index in [0.29, 0.717) is 17.4 Å². The molecule has 0 bridgehead atoms. The zero-order valence-corrected chi connectivity index (χ0v) is 16.3. The van der Waals surface area contributed by atoms with Crippen molar-refractivity contribution in [2.45, 2.75) is 19.0 Å². The van der Waals surface area contributed by atoms with Crippen LogP contribution in [0.2, 0.25) is 0 Å². The number of hydrogen-bond donors (Lipinski definition) is 2. The molecule has 3 rings (SSSR count). The maximum atomic E-state index is 13.5. The average Bonchev–Trinajstić information content (AvgIpc) is 2.68. The van der Waals surface area contributed by atoms with E-state index in [0.717, 1.165) is 5.56 Å². The van der Waals surface area contributed by atoms with Gasteiger partial charge in [0.1, 0.15) is 5.82 Å². The van der Waals surface area contributed by atoms with E-state index < -0.39 is 11.2 Å². The highest BCUT2D eigenvalue weighted by atomic mass is 19.1. The highest BCUT2D eigenvalue weighted by molar-refractivity contribution is 5.78. The fraction of sp³-hybridized carbons (Fsp3) is 0.286. The number of carbonyl (C=O) groups is 1. The number of benzene rings is 2. The summed E-state index contributed by atoms with van der Waals surface area (Å²) in [5.74, 6) is -0.569. The zero-order valence-electron chi connectivity index (χ0n) is 16.3. The predicted octanol–water partition coefficient (Wildman–Crippen LogP) is 1.64. The Hall–Kier alpha value is -3.26. The van der Waals surface area contributed by atoms with Crippen LogP contribution < -0.4 is 16.6 Å². The van der Waals surface area contributed by atoms with Crippen molar-refractivity contribution >= 4 is 16.8 Å². The topological polar surface area (TPSA) is 87.2 Å². The van der Waals surface area contributed by atoms with Gasteiger partial charge in [0.25, 0.3) is 5.56 Å². The molecule has 0 saturated heterocycles. The van der Waals surface area contributed by atoms with E-state index in [1.54, 1.807) is 30.3 Å². The Morgan fingerprint density at radius 2 is 1.93 bits per heavy atom. The number of hydrogen-bond acceptors (Lipinski definition) is 4. The predicted molar refractivity (Wildman–Crippen MR) is 109 cm³/mol. The number of halogens is 1. The first-order valence-electron chi connectivity index (χ1n) is 9.27. The minimum absolute atomic E-state index is 0.0687. The second-order valence-electron chi connectivity index (χ2n) is 7.02. The van der Waals surface area contributed by atoms with Crippen LogP contribution in [0.1, 0.15) is 18.0 Å². The fourth-order valence-corrected chi connectivity index (χ4v) is 3.29. The summed E-state index contributed by atoms with van der Waals surface area (Å²) in [5, 5.41) is 3.24. The SMILES string of the molecule is CN(C)C(CNC(=O)CCn1c(=O)[nH]c(=O)c2ccccc21)c1cccc(F)c1. The molecule has 0 fully saturated rings. The highest BCUT2D eigenvalue weighted by Crippen LogP contribution is 2.18. The van der Waals surface area contributed by atoms with Gasteiger partial charge in [0.15, 0.2) is 0 Å². The van der Waals surface area contributed by atoms with Crippen LogP contribution in [-0.4, -0.2) is 41.0 Å². The molecule has 1 heterocycles. The van der Waals surface area contributed by atoms with Gasteiger partial charge in [-0.3, -0.25) is 19.1 Å². The number of fused-ring (bicyclic) bond motifs is 1. The molecule has 3 aromatic rings. The van der Waals surface area contributed by atoms with Gasteiger partial charge in [0.2, 0.25) is 5.91 Å². The van der Waals surface area contributed by atoms with Gasteiger partial charge in [0.05, 0.1) is 16.9 Å². The molecule has 0 saturated carbocycles. The smallest absolute Gasteiger partial charge is 0.328 e. The molecule has 1 unspecified atom stereocenters. The number of rotatable bonds is 7. The third-order valence-corrected chi connectivity index (χ3v) is 4.82. The molecule has 0 aliphatic heterocycles. The summed E-state index contributed by atoms with van der Waals surface area (Å²) in [6.45, 7) is 0.436. The first kappa shape index (κ1) is 20.5. The maximum Gasteiger partial charge on any atom is 0.328 e. The summed E-state index contributed by atoms with van der Waals surface area (Å²) in [6.07, 6.45) is 0.0687. The number of para-hydroxylation sites is 1. The molecule has 7 nitrogen and oxygen atoms in total. The molecule has 0 aliphatic carbocycles. The molecule has 29 heavy (non-hydrogen) atoms. The van der Waals surface area contributed by atoms with Gasteiger partial charge in [-0.1, -0.05) is 24.3 Å². The van der Waals surface area contributed by atoms with Crippen molar-refractivity contribution in [1.82, 2.24) is 19.8 Å². The standard InChI is InChI=1S/C21H23FN4O3/c1-25(2)18(14-6-5-7-15(22)12-14)13-23-19(27)10-11-26-17-9-4-3-8-16(17)20(28)24-21(26)29/h3-9,12,18H,10-11,13H2,1-2H3,(H,23,27)(H,24,28,29). The highest BCUT2D eigenvalue weighted by Gasteiger charge is 2.16. The van der Waals surface area contributed by atoms with Gasteiger partial charge in [-0.25, -0.2) is 9.18 Å². The van der Waals surface area contributed by atoms with Gasteiger partial charge < -0.3 is 10.2 Å². The van der Waals surface area contributed by atoms with E-state index >= 15 is 0 Å². The summed E-state index contributed by atoms with van der Waals surface area (Å²) < 4.78 is 14.9. The number of aromatic amines is 1. The molecule has 0 spiro atoms. The molecular weight excluding hydrogens is 375 g/mol. The zero-order chi connectivity index (χ0) is 21.0. The van der Waals surface area contributed by atoms with Crippen molar-refractivity contribution in [2.24, 2.45) is 0 Å². The third kappa shape index (κ3) is 4.78. The minimum Gasteiger partial charge on any atom is -0.354 e. The number of amides is 1. The molecule has 2 N–H and O–H groups in total. The number of nitrogens with one attached hydrogen (secondary N) is 2. The third-order valence-electron chi connectivity index (χ3n) is 4.82. The number of aromatic nitrogens is 2. The molecule has 2 aromatic carbocycles. The normalized spacial score (nSPS) is 12.3. The van der Waals surface area contributed by atoms with E-state index in [2.05, 4.69) is 10.3 Å². The summed E-state index contributed by atoms with van der Waals surface area (Å²) >= 11 is 0. The lowest BCUT2D eigenvalue weighted by molar-refractivity contribution is -0.121. The molecule has 1 amide bonds. The van der Waals surface area contributed by atoms with Gasteiger partial charge >= 0.3 is 5.69 Å². The quantitative estimate of drug-likeness (QED) is 0.633. The summed E-state index contributed by atoms with van der Waals surface area (Å²) in [5.41, 5.74) is 0.251. The average molecular weight is 398 g/mol. The Balaban J connectivity index is 1.68. The lowest BCUT2D eigenvalue weighted by atomic mass is 10.1. The number of aryl methyl sites for hydroxylation is 1. The summed E-state index contributed by atoms with van der Waals surface area (Å²) in [4.78, 5) is 40.6. The van der Waals surface area contributed by atoms with Gasteiger partial charge in [-0.05, 0) is 43.9 Å². The van der Waals surface area contributed by atoms with Crippen LogP contribution in [0.25, 0.3) is 10.9 Å². The molecule has 8 heteroatoms. The lowest BCUT2D eigenvalue weighted by Gasteiger charge is -2.25. The van der Waals surface area contributed by atoms with Crippen LogP contribution in [0, 0.1) is 5.82 Å². The number of nitrogens with zero attached hydrogens (tertiary/aromatic N) is 2. The van der Waals surface area contributed by atoms with Crippen molar-refractivity contribution in [3.63, 3.8) is 0 Å². The number of likely N-dealkylation sites (N-methyl/N-ethyl adjacent to an activating group) is 1. The van der Waals surface area contributed by atoms with Gasteiger partial charge in [-0.2, -0.15) is 0 Å². The largest absolute Gasteiger partial charge is 0.354 e. The Morgan fingerprint density at radius 3 is 2.66 bits per heavy atom. The number of carbonyl (C=O) groups excluding carboxylic acids is 1. The van der Waals surface area contributed by atoms with Crippen molar-refractivity contribution in [3.05, 3.63) is 80.7 Å². The first-order chi connectivity index (χ1) is 13.9. The van der Waals surface area contributed by atoms with Crippen molar-refractivity contribution in [2.75, 3.05) is 20.6 Å². The van der Waals surface area contributed by atoms with Crippen molar-refractivity contribution in [1.29, 1.82) is 0 Å². The van der Waals surface area contributed by atoms with Gasteiger partial charge in [-0.15, -0.1) is 0 Å². The van der Waals surface area contributed by atoms with E-state index in [1.165, 1.54) is 16.7 Å². The van der Waals surface area contributed by atoms with E-state index in [9.17, 15) is 18.8 Å². The van der Waals surface area contributed by atoms with Crippen molar-refractivity contribution < 1.29 is 9.18 Å². The van der Waals surface area contributed by atoms with E-state index in [1.807, 2.05) is 25.1 Å². The Labute approximate surface area is 166 Å². The Morgan fingerprint density at radius 1 is 1.17 bits per heavy atom. The van der Waals surface area contributed by atoms with Crippen LogP contribution in [0.5, 0.6) is 0 Å². The fourth-order valence-electron chi connectivity index (χ4n) is 3.29. The monoisotopic (exact) mass is 398 g/mol. The molecule has 0 radical (unpaired) electrons. The van der Waals surface area contributed by atoms with Crippen LogP contribution in [0.3, 0.4) is 0 Å². The molecule has 1 aromatic heterocycles. The van der Waals surface area contributed by atoms with E-state index in [4.69, 9.17) is 0 Å². The van der Waals surface area contributed by atoms with E-state index in [-0.39, 0.29) is 30.7 Å². The second kappa shape index (κ2) is 8.83.